The van der Waals surface area contributed by atoms with Crippen LogP contribution in [-0.2, 0) is 0 Å². The van der Waals surface area contributed by atoms with Crippen LogP contribution in [0, 0.1) is 0 Å². The molecule has 32 heavy (non-hydrogen) atoms. The minimum atomic E-state index is -8.68. The molecule has 0 saturated carbocycles. The number of hydrogen-bond donors (Lipinski definition) is 1. The van der Waals surface area contributed by atoms with Crippen LogP contribution in [0.1, 0.15) is 6.92 Å². The van der Waals surface area contributed by atoms with Crippen LogP contribution >= 0.6 is 0 Å². The van der Waals surface area contributed by atoms with Crippen molar-refractivity contribution >= 4 is 0 Å². The summed E-state index contributed by atoms with van der Waals surface area (Å²) in [6.45, 7) is 2.53. The Kier molecular flexibility index (Phi) is 7.27. The van der Waals surface area contributed by atoms with E-state index in [2.05, 4.69) is 0 Å². The zero-order valence-corrected chi connectivity index (χ0v) is 15.1. The van der Waals surface area contributed by atoms with Gasteiger partial charge in [-0.2, -0.15) is 74.6 Å². The van der Waals surface area contributed by atoms with Crippen molar-refractivity contribution in [2.75, 3.05) is 7.05 Å². The van der Waals surface area contributed by atoms with E-state index >= 15 is 0 Å². The highest BCUT2D eigenvalue weighted by Gasteiger charge is 2.95. The van der Waals surface area contributed by atoms with Gasteiger partial charge >= 0.3 is 47.6 Å². The maximum atomic E-state index is 13.8. The van der Waals surface area contributed by atoms with Crippen LogP contribution in [0.5, 0.6) is 0 Å². The molecule has 1 N–H and O–H groups in total. The summed E-state index contributed by atoms with van der Waals surface area (Å²) in [6, 6.07) is 0. The molecule has 0 fully saturated rings. The van der Waals surface area contributed by atoms with Crippen molar-refractivity contribution in [1.29, 1.82) is 0 Å². The van der Waals surface area contributed by atoms with E-state index in [0.29, 0.717) is 6.92 Å². The van der Waals surface area contributed by atoms with Crippen LogP contribution < -0.4 is 0 Å². The Hall–Kier alpha value is -1.69. The molecular weight excluding hydrogens is 509 g/mol. The number of rotatable bonds is 9. The Labute approximate surface area is 166 Å². The maximum absolute atomic E-state index is 13.8. The van der Waals surface area contributed by atoms with Gasteiger partial charge in [0.15, 0.2) is 0 Å². The van der Waals surface area contributed by atoms with Gasteiger partial charge < -0.3 is 10.0 Å². The number of halogens is 17. The molecule has 2 nitrogen and oxygen atoms in total. The Morgan fingerprint density at radius 3 is 1.09 bits per heavy atom. The summed E-state index contributed by atoms with van der Waals surface area (Å²) in [5.74, 6) is -57.1. The molecule has 0 saturated heterocycles. The Morgan fingerprint density at radius 2 is 0.844 bits per heavy atom. The quantitative estimate of drug-likeness (QED) is 0.309. The fourth-order valence-electron chi connectivity index (χ4n) is 1.79. The van der Waals surface area contributed by atoms with Gasteiger partial charge in [-0.15, -0.1) is 0 Å². The van der Waals surface area contributed by atoms with E-state index < -0.39 is 64.5 Å². The number of alkyl halides is 17. The highest BCUT2D eigenvalue weighted by Crippen LogP contribution is 2.64. The number of allylic oxidation sites excluding steroid dienone is 1. The van der Waals surface area contributed by atoms with Gasteiger partial charge in [0.05, 0.1) is 5.70 Å². The minimum absolute atomic E-state index is 0.208. The molecule has 0 aliphatic carbocycles. The van der Waals surface area contributed by atoms with E-state index in [4.69, 9.17) is 5.11 Å². The minimum Gasteiger partial charge on any atom is -0.374 e. The molecule has 0 bridgehead atoms. The predicted octanol–water partition coefficient (Wildman–Crippen LogP) is 5.78. The first-order valence-electron chi connectivity index (χ1n) is 7.33. The van der Waals surface area contributed by atoms with Gasteiger partial charge in [-0.05, 0) is 6.92 Å². The number of nitrogens with zero attached hydrogens (tertiary/aromatic N) is 1. The van der Waals surface area contributed by atoms with E-state index in [1.807, 2.05) is 6.58 Å². The van der Waals surface area contributed by atoms with Gasteiger partial charge in [0.1, 0.15) is 6.23 Å². The molecule has 0 aromatic rings. The molecule has 1 atom stereocenters. The third-order valence-corrected chi connectivity index (χ3v) is 4.07. The fraction of sp³-hybridized carbons (Fsp3) is 0.846. The van der Waals surface area contributed by atoms with Crippen molar-refractivity contribution in [3.8, 4) is 0 Å². The summed E-state index contributed by atoms with van der Waals surface area (Å²) in [4.78, 5) is -0.493. The van der Waals surface area contributed by atoms with E-state index in [9.17, 15) is 74.6 Å². The van der Waals surface area contributed by atoms with Crippen molar-refractivity contribution in [2.45, 2.75) is 60.8 Å². The van der Waals surface area contributed by atoms with Crippen molar-refractivity contribution in [3.63, 3.8) is 0 Å². The first kappa shape index (κ1) is 30.3. The van der Waals surface area contributed by atoms with Gasteiger partial charge in [-0.3, -0.25) is 0 Å². The first-order chi connectivity index (χ1) is 13.5. The topological polar surface area (TPSA) is 23.5 Å². The lowest BCUT2D eigenvalue weighted by Gasteiger charge is -2.43. The van der Waals surface area contributed by atoms with E-state index in [0.717, 1.165) is 0 Å². The zero-order chi connectivity index (χ0) is 26.7. The Morgan fingerprint density at radius 1 is 0.594 bits per heavy atom. The molecular formula is C13H10F17NO. The van der Waals surface area contributed by atoms with Crippen molar-refractivity contribution in [2.24, 2.45) is 0 Å². The number of hydrogen-bond acceptors (Lipinski definition) is 2. The molecule has 0 radical (unpaired) electrons. The second kappa shape index (κ2) is 7.68. The molecule has 0 amide bonds. The Bertz CT molecular complexity index is 708. The monoisotopic (exact) mass is 519 g/mol. The average Bonchev–Trinajstić information content (AvgIpc) is 2.57. The normalized spacial score (nSPS) is 16.8. The SMILES string of the molecule is C=C(N(C)C(C)O)C(F)(F)C(F)(F)C(F)(F)C(F)(F)C(F)(F)C(F)(F)C(F)(F)C(F)(F)F. The molecule has 0 aromatic heterocycles. The van der Waals surface area contributed by atoms with Crippen LogP contribution in [0.3, 0.4) is 0 Å². The van der Waals surface area contributed by atoms with Gasteiger partial charge in [-0.1, -0.05) is 6.58 Å². The Balaban J connectivity index is 6.82. The summed E-state index contributed by atoms with van der Waals surface area (Å²) < 4.78 is 223. The molecule has 0 heterocycles. The third kappa shape index (κ3) is 3.72. The highest BCUT2D eigenvalue weighted by atomic mass is 19.4. The molecule has 0 aliphatic rings. The smallest absolute Gasteiger partial charge is 0.374 e. The standard InChI is InChI=1S/C13H10F17NO/c1-4(31(3)5(2)32)6(14,15)7(16,17)8(18,19)9(20,21)10(22,23)11(24,25)12(26,27)13(28,29)30/h5,32H,1H2,2-3H3. The van der Waals surface area contributed by atoms with E-state index in [-0.39, 0.29) is 7.05 Å². The fourth-order valence-corrected chi connectivity index (χ4v) is 1.79. The van der Waals surface area contributed by atoms with E-state index in [1.54, 1.807) is 0 Å². The van der Waals surface area contributed by atoms with Gasteiger partial charge in [0, 0.05) is 7.05 Å². The summed E-state index contributed by atoms with van der Waals surface area (Å²) in [7, 11) is 0.208. The number of aliphatic hydroxyl groups excluding tert-OH is 1. The van der Waals surface area contributed by atoms with Crippen molar-refractivity contribution in [3.05, 3.63) is 12.3 Å². The predicted molar refractivity (Wildman–Crippen MR) is 69.3 cm³/mol. The zero-order valence-electron chi connectivity index (χ0n) is 15.1. The van der Waals surface area contributed by atoms with Crippen molar-refractivity contribution in [1.82, 2.24) is 4.90 Å². The second-order valence-corrected chi connectivity index (χ2v) is 6.21. The first-order valence-corrected chi connectivity index (χ1v) is 7.33. The molecule has 1 unspecified atom stereocenters. The molecule has 19 heteroatoms. The van der Waals surface area contributed by atoms with E-state index in [1.165, 1.54) is 0 Å². The van der Waals surface area contributed by atoms with Gasteiger partial charge in [0.2, 0.25) is 0 Å². The molecule has 192 valence electrons. The van der Waals surface area contributed by atoms with Crippen LogP contribution in [-0.4, -0.2) is 70.9 Å². The van der Waals surface area contributed by atoms with Crippen LogP contribution in [0.15, 0.2) is 12.3 Å². The second-order valence-electron chi connectivity index (χ2n) is 6.21. The third-order valence-electron chi connectivity index (χ3n) is 4.07. The maximum Gasteiger partial charge on any atom is 0.460 e. The molecule has 0 aromatic carbocycles. The average molecular weight is 519 g/mol. The van der Waals surface area contributed by atoms with Crippen LogP contribution in [0.2, 0.25) is 0 Å². The summed E-state index contributed by atoms with van der Waals surface area (Å²) in [5.41, 5.74) is -2.68. The van der Waals surface area contributed by atoms with Gasteiger partial charge in [-0.25, -0.2) is 0 Å². The molecule has 0 spiro atoms. The lowest BCUT2D eigenvalue weighted by atomic mass is 9.88. The lowest BCUT2D eigenvalue weighted by Crippen LogP contribution is -2.74. The van der Waals surface area contributed by atoms with Gasteiger partial charge in [0.25, 0.3) is 0 Å². The highest BCUT2D eigenvalue weighted by molar-refractivity contribution is 5.21. The number of aliphatic hydroxyl groups is 1. The summed E-state index contributed by atoms with van der Waals surface area (Å²) in [6.07, 6.45) is -10.1. The molecule has 0 aliphatic heterocycles. The molecule has 0 rings (SSSR count). The van der Waals surface area contributed by atoms with Crippen LogP contribution in [0.4, 0.5) is 74.6 Å². The summed E-state index contributed by atoms with van der Waals surface area (Å²) >= 11 is 0. The van der Waals surface area contributed by atoms with Crippen LogP contribution in [0.25, 0.3) is 0 Å². The summed E-state index contributed by atoms with van der Waals surface area (Å²) in [5, 5.41) is 8.93. The lowest BCUT2D eigenvalue weighted by molar-refractivity contribution is -0.460. The van der Waals surface area contributed by atoms with Crippen molar-refractivity contribution < 1.29 is 79.7 Å². The largest absolute Gasteiger partial charge is 0.460 e.